The smallest absolute Gasteiger partial charge is 0.272 e. The van der Waals surface area contributed by atoms with Crippen molar-refractivity contribution in [3.05, 3.63) is 99.7 Å². The second-order valence-corrected chi connectivity index (χ2v) is 10.4. The van der Waals surface area contributed by atoms with Crippen molar-refractivity contribution < 1.29 is 9.59 Å². The molecule has 1 fully saturated rings. The molecule has 1 saturated heterocycles. The van der Waals surface area contributed by atoms with Crippen LogP contribution in [0.2, 0.25) is 0 Å². The standard InChI is InChI=1S/C30H30N6O3/c1-18(2)29(38)35-13-15-36(16-14-35)30(39)21-6-3-5-20(17-21)24-26(19-9-11-31-12-10-19)32-23-8-4-7-22-25(23)27(24)33-34-28(22)37/h3-12,17-18,24,26,32H,13-16H2,1-2H3,(H,34,37). The molecule has 0 bridgehead atoms. The first-order valence-electron chi connectivity index (χ1n) is 13.3. The number of hydrogen-bond donors (Lipinski definition) is 2. The van der Waals surface area contributed by atoms with Gasteiger partial charge in [0.2, 0.25) is 5.91 Å². The molecule has 198 valence electrons. The van der Waals surface area contributed by atoms with E-state index in [2.05, 4.69) is 20.5 Å². The first-order valence-corrected chi connectivity index (χ1v) is 13.3. The predicted octanol–water partition coefficient (Wildman–Crippen LogP) is 3.56. The molecule has 0 aliphatic carbocycles. The van der Waals surface area contributed by atoms with Gasteiger partial charge in [-0.3, -0.25) is 19.4 Å². The molecule has 39 heavy (non-hydrogen) atoms. The van der Waals surface area contributed by atoms with Crippen LogP contribution >= 0.6 is 0 Å². The van der Waals surface area contributed by atoms with Crippen LogP contribution in [0, 0.1) is 5.92 Å². The lowest BCUT2D eigenvalue weighted by atomic mass is 9.80. The minimum atomic E-state index is -0.269. The summed E-state index contributed by atoms with van der Waals surface area (Å²) in [6.07, 6.45) is 3.52. The van der Waals surface area contributed by atoms with Gasteiger partial charge in [-0.2, -0.15) is 5.10 Å². The van der Waals surface area contributed by atoms with Gasteiger partial charge < -0.3 is 15.1 Å². The van der Waals surface area contributed by atoms with E-state index in [-0.39, 0.29) is 35.3 Å². The molecule has 2 aromatic heterocycles. The van der Waals surface area contributed by atoms with Gasteiger partial charge >= 0.3 is 0 Å². The summed E-state index contributed by atoms with van der Waals surface area (Å²) in [7, 11) is 0. The zero-order valence-corrected chi connectivity index (χ0v) is 21.9. The molecular formula is C30H30N6O3. The number of carbonyl (C=O) groups is 2. The molecule has 2 aromatic carbocycles. The van der Waals surface area contributed by atoms with E-state index in [0.29, 0.717) is 37.1 Å². The summed E-state index contributed by atoms with van der Waals surface area (Å²) in [6, 6.07) is 17.0. The highest BCUT2D eigenvalue weighted by molar-refractivity contribution is 5.98. The molecule has 0 spiro atoms. The molecule has 0 radical (unpaired) electrons. The predicted molar refractivity (Wildman–Crippen MR) is 149 cm³/mol. The van der Waals surface area contributed by atoms with Gasteiger partial charge in [0.1, 0.15) is 0 Å². The number of hydrogen-bond acceptors (Lipinski definition) is 6. The van der Waals surface area contributed by atoms with Crippen LogP contribution in [0.15, 0.2) is 71.8 Å². The largest absolute Gasteiger partial charge is 0.377 e. The molecule has 4 heterocycles. The monoisotopic (exact) mass is 522 g/mol. The molecule has 0 saturated carbocycles. The Balaban J connectivity index is 1.37. The normalized spacial score (nSPS) is 18.7. The van der Waals surface area contributed by atoms with Crippen molar-refractivity contribution in [2.75, 3.05) is 31.5 Å². The minimum Gasteiger partial charge on any atom is -0.377 e. The van der Waals surface area contributed by atoms with Crippen LogP contribution in [0.5, 0.6) is 0 Å². The maximum atomic E-state index is 13.6. The summed E-state index contributed by atoms with van der Waals surface area (Å²) < 4.78 is 0. The molecule has 2 aliphatic heterocycles. The van der Waals surface area contributed by atoms with Crippen LogP contribution in [0.1, 0.15) is 53.0 Å². The SMILES string of the molecule is CC(C)C(=O)N1CCN(C(=O)c2cccc(C3c4n[nH]c(=O)c5cccc(c45)NC3c3ccncc3)c2)CC1. The molecule has 2 amide bonds. The van der Waals surface area contributed by atoms with Crippen molar-refractivity contribution in [1.82, 2.24) is 25.0 Å². The van der Waals surface area contributed by atoms with E-state index < -0.39 is 0 Å². The highest BCUT2D eigenvalue weighted by Gasteiger charge is 2.35. The zero-order valence-electron chi connectivity index (χ0n) is 21.9. The number of nitrogens with one attached hydrogen (secondary N) is 2. The lowest BCUT2D eigenvalue weighted by Gasteiger charge is -2.36. The Morgan fingerprint density at radius 1 is 0.923 bits per heavy atom. The molecule has 2 unspecified atom stereocenters. The first-order chi connectivity index (χ1) is 18.9. The Labute approximate surface area is 225 Å². The summed E-state index contributed by atoms with van der Waals surface area (Å²) in [5, 5.41) is 12.2. The number of aromatic nitrogens is 3. The molecule has 4 aromatic rings. The fraction of sp³-hybridized carbons (Fsp3) is 0.300. The van der Waals surface area contributed by atoms with Crippen LogP contribution in [0.25, 0.3) is 10.8 Å². The summed E-state index contributed by atoms with van der Waals surface area (Å²) in [5.41, 5.74) is 3.89. The maximum Gasteiger partial charge on any atom is 0.272 e. The van der Waals surface area contributed by atoms with E-state index in [1.165, 1.54) is 0 Å². The van der Waals surface area contributed by atoms with Gasteiger partial charge in [0.25, 0.3) is 11.5 Å². The number of pyridine rings is 1. The molecule has 6 rings (SSSR count). The third-order valence-electron chi connectivity index (χ3n) is 7.71. The van der Waals surface area contributed by atoms with E-state index in [1.54, 1.807) is 18.5 Å². The Morgan fingerprint density at radius 3 is 2.38 bits per heavy atom. The number of anilines is 1. The summed E-state index contributed by atoms with van der Waals surface area (Å²) >= 11 is 0. The number of amides is 2. The van der Waals surface area contributed by atoms with Crippen molar-refractivity contribution in [2.24, 2.45) is 5.92 Å². The third-order valence-corrected chi connectivity index (χ3v) is 7.71. The van der Waals surface area contributed by atoms with Crippen LogP contribution in [0.4, 0.5) is 5.69 Å². The lowest BCUT2D eigenvalue weighted by Crippen LogP contribution is -2.51. The zero-order chi connectivity index (χ0) is 27.1. The van der Waals surface area contributed by atoms with E-state index in [0.717, 1.165) is 27.9 Å². The number of rotatable bonds is 4. The average molecular weight is 523 g/mol. The van der Waals surface area contributed by atoms with Gasteiger partial charge in [0.15, 0.2) is 0 Å². The van der Waals surface area contributed by atoms with Gasteiger partial charge in [-0.05, 0) is 47.5 Å². The summed E-state index contributed by atoms with van der Waals surface area (Å²) in [4.78, 5) is 46.4. The van der Waals surface area contributed by atoms with E-state index in [1.807, 2.05) is 72.2 Å². The van der Waals surface area contributed by atoms with Gasteiger partial charge in [-0.25, -0.2) is 5.10 Å². The van der Waals surface area contributed by atoms with Crippen molar-refractivity contribution in [1.29, 1.82) is 0 Å². The Kier molecular flexibility index (Phi) is 6.34. The van der Waals surface area contributed by atoms with Crippen LogP contribution in [-0.4, -0.2) is 63.0 Å². The molecule has 2 atom stereocenters. The molecule has 9 nitrogen and oxygen atoms in total. The average Bonchev–Trinajstić information content (AvgIpc) is 2.98. The fourth-order valence-corrected chi connectivity index (χ4v) is 5.74. The molecule has 9 heteroatoms. The first kappa shape index (κ1) is 24.8. The van der Waals surface area contributed by atoms with Crippen LogP contribution in [0.3, 0.4) is 0 Å². The maximum absolute atomic E-state index is 13.6. The number of H-pyrrole nitrogens is 1. The number of carbonyl (C=O) groups excluding carboxylic acids is 2. The Morgan fingerprint density at radius 2 is 1.64 bits per heavy atom. The highest BCUT2D eigenvalue weighted by atomic mass is 16.2. The van der Waals surface area contributed by atoms with Crippen LogP contribution in [-0.2, 0) is 4.79 Å². The quantitative estimate of drug-likeness (QED) is 0.424. The topological polar surface area (TPSA) is 111 Å². The number of nitrogens with zero attached hydrogens (tertiary/aromatic N) is 4. The summed E-state index contributed by atoms with van der Waals surface area (Å²) in [5.74, 6) is -0.261. The number of benzene rings is 2. The molecule has 2 N–H and O–H groups in total. The van der Waals surface area contributed by atoms with Crippen molar-refractivity contribution >= 4 is 28.3 Å². The van der Waals surface area contributed by atoms with Crippen molar-refractivity contribution in [2.45, 2.75) is 25.8 Å². The highest BCUT2D eigenvalue weighted by Crippen LogP contribution is 2.46. The second-order valence-electron chi connectivity index (χ2n) is 10.4. The van der Waals surface area contributed by atoms with Gasteiger partial charge in [-0.15, -0.1) is 0 Å². The molecule has 2 aliphatic rings. The lowest BCUT2D eigenvalue weighted by molar-refractivity contribution is -0.135. The van der Waals surface area contributed by atoms with Crippen LogP contribution < -0.4 is 10.9 Å². The van der Waals surface area contributed by atoms with E-state index in [4.69, 9.17) is 0 Å². The second kappa shape index (κ2) is 9.98. The number of aromatic amines is 1. The van der Waals surface area contributed by atoms with E-state index >= 15 is 0 Å². The molecular weight excluding hydrogens is 492 g/mol. The number of piperazine rings is 1. The van der Waals surface area contributed by atoms with E-state index in [9.17, 15) is 14.4 Å². The third kappa shape index (κ3) is 4.43. The van der Waals surface area contributed by atoms with Gasteiger partial charge in [-0.1, -0.05) is 32.0 Å². The Hall–Kier alpha value is -4.53. The minimum absolute atomic E-state index is 0.0560. The van der Waals surface area contributed by atoms with Crippen molar-refractivity contribution in [3.8, 4) is 0 Å². The fourth-order valence-electron chi connectivity index (χ4n) is 5.74. The van der Waals surface area contributed by atoms with Gasteiger partial charge in [0, 0.05) is 61.1 Å². The summed E-state index contributed by atoms with van der Waals surface area (Å²) in [6.45, 7) is 5.87. The Bertz CT molecular complexity index is 1610. The van der Waals surface area contributed by atoms with Gasteiger partial charge in [0.05, 0.1) is 23.0 Å². The van der Waals surface area contributed by atoms with Crippen molar-refractivity contribution in [3.63, 3.8) is 0 Å².